The summed E-state index contributed by atoms with van der Waals surface area (Å²) in [7, 11) is -3.53. The van der Waals surface area contributed by atoms with Crippen molar-refractivity contribution < 1.29 is 22.7 Å². The second kappa shape index (κ2) is 6.87. The Kier molecular flexibility index (Phi) is 5.54. The number of carbonyl (C=O) groups is 2. The van der Waals surface area contributed by atoms with Crippen LogP contribution in [0.1, 0.15) is 40.5 Å². The molecule has 7 nitrogen and oxygen atoms in total. The third-order valence-corrected chi connectivity index (χ3v) is 7.32. The number of carbonyl (C=O) groups excluding carboxylic acids is 2. The van der Waals surface area contributed by atoms with Crippen LogP contribution in [0.5, 0.6) is 0 Å². The lowest BCUT2D eigenvalue weighted by Gasteiger charge is -2.28. The SMILES string of the molecule is CC1(C)CN(C(=O)C(C)(C)S(C)(=O)=O)CC1NC(=O)COCC1CC1. The Hall–Kier alpha value is -1.15. The molecule has 0 radical (unpaired) electrons. The first-order chi connectivity index (χ1) is 11.3. The molecule has 2 amide bonds. The van der Waals surface area contributed by atoms with Crippen molar-refractivity contribution in [2.24, 2.45) is 11.3 Å². The number of nitrogens with zero attached hydrogens (tertiary/aromatic N) is 1. The second-order valence-corrected chi connectivity index (χ2v) is 11.1. The number of amides is 2. The minimum Gasteiger partial charge on any atom is -0.371 e. The van der Waals surface area contributed by atoms with Gasteiger partial charge in [0.25, 0.3) is 0 Å². The van der Waals surface area contributed by atoms with Crippen LogP contribution in [0, 0.1) is 11.3 Å². The maximum absolute atomic E-state index is 12.7. The first-order valence-electron chi connectivity index (χ1n) is 8.70. The molecule has 0 aromatic heterocycles. The predicted octanol–water partition coefficient (Wildman–Crippen LogP) is 0.589. The molecule has 2 rings (SSSR count). The van der Waals surface area contributed by atoms with Gasteiger partial charge in [-0.3, -0.25) is 9.59 Å². The molecule has 1 saturated heterocycles. The van der Waals surface area contributed by atoms with Crippen molar-refractivity contribution in [3.05, 3.63) is 0 Å². The molecule has 1 aliphatic heterocycles. The van der Waals surface area contributed by atoms with Crippen LogP contribution in [0.2, 0.25) is 0 Å². The molecule has 1 atom stereocenters. The van der Waals surface area contributed by atoms with Crippen LogP contribution in [0.25, 0.3) is 0 Å². The Morgan fingerprint density at radius 3 is 2.40 bits per heavy atom. The maximum Gasteiger partial charge on any atom is 0.246 e. The Bertz CT molecular complexity index is 637. The fraction of sp³-hybridized carbons (Fsp3) is 0.882. The summed E-state index contributed by atoms with van der Waals surface area (Å²) in [5, 5.41) is 2.93. The van der Waals surface area contributed by atoms with E-state index in [9.17, 15) is 18.0 Å². The van der Waals surface area contributed by atoms with Crippen molar-refractivity contribution in [1.29, 1.82) is 0 Å². The summed E-state index contributed by atoms with van der Waals surface area (Å²) in [6.07, 6.45) is 3.41. The van der Waals surface area contributed by atoms with E-state index in [1.54, 1.807) is 0 Å². The van der Waals surface area contributed by atoms with E-state index in [1.807, 2.05) is 13.8 Å². The first-order valence-corrected chi connectivity index (χ1v) is 10.6. The zero-order valence-electron chi connectivity index (χ0n) is 15.8. The van der Waals surface area contributed by atoms with E-state index in [0.29, 0.717) is 25.6 Å². The number of hydrogen-bond acceptors (Lipinski definition) is 5. The van der Waals surface area contributed by atoms with Gasteiger partial charge in [-0.2, -0.15) is 0 Å². The summed E-state index contributed by atoms with van der Waals surface area (Å²) in [6.45, 7) is 8.12. The standard InChI is InChI=1S/C17H30N2O5S/c1-16(2)11-19(15(21)17(3,4)25(5,22)23)8-13(16)18-14(20)10-24-9-12-6-7-12/h12-13H,6-11H2,1-5H3,(H,18,20). The molecule has 25 heavy (non-hydrogen) atoms. The van der Waals surface area contributed by atoms with Crippen molar-refractivity contribution in [3.63, 3.8) is 0 Å². The summed E-state index contributed by atoms with van der Waals surface area (Å²) < 4.78 is 27.8. The van der Waals surface area contributed by atoms with Gasteiger partial charge >= 0.3 is 0 Å². The van der Waals surface area contributed by atoms with Crippen molar-refractivity contribution in [3.8, 4) is 0 Å². The minimum absolute atomic E-state index is 0.0197. The summed E-state index contributed by atoms with van der Waals surface area (Å²) in [5.74, 6) is -0.0257. The molecule has 1 unspecified atom stereocenters. The number of sulfone groups is 1. The predicted molar refractivity (Wildman–Crippen MR) is 94.8 cm³/mol. The molecule has 0 aromatic carbocycles. The Morgan fingerprint density at radius 1 is 1.28 bits per heavy atom. The highest BCUT2D eigenvalue weighted by molar-refractivity contribution is 7.92. The van der Waals surface area contributed by atoms with Gasteiger partial charge in [-0.25, -0.2) is 8.42 Å². The van der Waals surface area contributed by atoms with Crippen molar-refractivity contribution in [1.82, 2.24) is 10.2 Å². The molecule has 1 heterocycles. The molecular weight excluding hydrogens is 344 g/mol. The number of rotatable bonds is 7. The van der Waals surface area contributed by atoms with Crippen LogP contribution in [-0.4, -0.2) is 68.5 Å². The van der Waals surface area contributed by atoms with Gasteiger partial charge in [0.2, 0.25) is 11.8 Å². The lowest BCUT2D eigenvalue weighted by Crippen LogP contribution is -2.50. The molecule has 0 spiro atoms. The van der Waals surface area contributed by atoms with E-state index in [-0.39, 0.29) is 24.0 Å². The number of likely N-dealkylation sites (tertiary alicyclic amines) is 1. The third kappa shape index (κ3) is 4.73. The van der Waals surface area contributed by atoms with E-state index in [2.05, 4.69) is 5.32 Å². The third-order valence-electron chi connectivity index (χ3n) is 5.29. The zero-order chi connectivity index (χ0) is 19.0. The topological polar surface area (TPSA) is 92.8 Å². The minimum atomic E-state index is -3.53. The molecular formula is C17H30N2O5S. The van der Waals surface area contributed by atoms with Gasteiger partial charge in [-0.05, 0) is 32.6 Å². The Morgan fingerprint density at radius 2 is 1.88 bits per heavy atom. The lowest BCUT2D eigenvalue weighted by atomic mass is 9.88. The molecule has 144 valence electrons. The fourth-order valence-electron chi connectivity index (χ4n) is 2.91. The second-order valence-electron chi connectivity index (χ2n) is 8.54. The van der Waals surface area contributed by atoms with Gasteiger partial charge in [0.15, 0.2) is 9.84 Å². The largest absolute Gasteiger partial charge is 0.371 e. The van der Waals surface area contributed by atoms with Crippen LogP contribution in [-0.2, 0) is 24.2 Å². The molecule has 0 bridgehead atoms. The maximum atomic E-state index is 12.7. The number of hydrogen-bond donors (Lipinski definition) is 1. The van der Waals surface area contributed by atoms with Crippen molar-refractivity contribution in [2.75, 3.05) is 32.6 Å². The van der Waals surface area contributed by atoms with Crippen molar-refractivity contribution in [2.45, 2.75) is 51.3 Å². The first kappa shape index (κ1) is 20.2. The number of ether oxygens (including phenoxy) is 1. The Balaban J connectivity index is 1.95. The van der Waals surface area contributed by atoms with E-state index in [1.165, 1.54) is 31.6 Å². The average Bonchev–Trinajstić information content (AvgIpc) is 3.22. The van der Waals surface area contributed by atoms with Crippen LogP contribution >= 0.6 is 0 Å². The molecule has 1 aliphatic carbocycles. The van der Waals surface area contributed by atoms with Crippen LogP contribution in [0.3, 0.4) is 0 Å². The quantitative estimate of drug-likeness (QED) is 0.704. The van der Waals surface area contributed by atoms with Crippen LogP contribution in [0.15, 0.2) is 0 Å². The number of nitrogens with one attached hydrogen (secondary N) is 1. The highest BCUT2D eigenvalue weighted by Crippen LogP contribution is 2.32. The van der Waals surface area contributed by atoms with Gasteiger partial charge in [-0.1, -0.05) is 13.8 Å². The van der Waals surface area contributed by atoms with Gasteiger partial charge < -0.3 is 15.0 Å². The van der Waals surface area contributed by atoms with E-state index >= 15 is 0 Å². The summed E-state index contributed by atoms with van der Waals surface area (Å²) in [6, 6.07) is -0.233. The smallest absolute Gasteiger partial charge is 0.246 e. The summed E-state index contributed by atoms with van der Waals surface area (Å²) in [5.41, 5.74) is -0.338. The fourth-order valence-corrected chi connectivity index (χ4v) is 3.35. The van der Waals surface area contributed by atoms with Gasteiger partial charge in [-0.15, -0.1) is 0 Å². The van der Waals surface area contributed by atoms with E-state index in [4.69, 9.17) is 4.74 Å². The molecule has 2 fully saturated rings. The van der Waals surface area contributed by atoms with Gasteiger partial charge in [0.1, 0.15) is 11.4 Å². The zero-order valence-corrected chi connectivity index (χ0v) is 16.6. The van der Waals surface area contributed by atoms with Crippen LogP contribution < -0.4 is 5.32 Å². The summed E-state index contributed by atoms with van der Waals surface area (Å²) >= 11 is 0. The summed E-state index contributed by atoms with van der Waals surface area (Å²) in [4.78, 5) is 26.3. The highest BCUT2D eigenvalue weighted by atomic mass is 32.2. The van der Waals surface area contributed by atoms with Crippen molar-refractivity contribution >= 4 is 21.7 Å². The Labute approximate surface area is 150 Å². The normalized spacial score (nSPS) is 23.6. The monoisotopic (exact) mass is 374 g/mol. The molecule has 0 aromatic rings. The van der Waals surface area contributed by atoms with E-state index < -0.39 is 20.5 Å². The van der Waals surface area contributed by atoms with Crippen LogP contribution in [0.4, 0.5) is 0 Å². The molecule has 8 heteroatoms. The van der Waals surface area contributed by atoms with Gasteiger partial charge in [0.05, 0.1) is 12.6 Å². The molecule has 1 N–H and O–H groups in total. The lowest BCUT2D eigenvalue weighted by molar-refractivity contribution is -0.132. The average molecular weight is 375 g/mol. The molecule has 1 saturated carbocycles. The van der Waals surface area contributed by atoms with E-state index in [0.717, 1.165) is 6.26 Å². The highest BCUT2D eigenvalue weighted by Gasteiger charge is 2.48. The van der Waals surface area contributed by atoms with Gasteiger partial charge in [0, 0.05) is 24.8 Å². The molecule has 2 aliphatic rings.